The van der Waals surface area contributed by atoms with Crippen molar-refractivity contribution in [2.75, 3.05) is 5.32 Å². The first-order valence-electron chi connectivity index (χ1n) is 9.89. The number of alkyl halides is 3. The van der Waals surface area contributed by atoms with Gasteiger partial charge < -0.3 is 9.88 Å². The fraction of sp³-hybridized carbons (Fsp3) is 0.174. The van der Waals surface area contributed by atoms with E-state index in [-0.39, 0.29) is 11.2 Å². The Kier molecular flexibility index (Phi) is 5.44. The number of benzene rings is 2. The molecule has 0 atom stereocenters. The van der Waals surface area contributed by atoms with Crippen LogP contribution in [0.3, 0.4) is 0 Å². The van der Waals surface area contributed by atoms with E-state index in [2.05, 4.69) is 5.32 Å². The van der Waals surface area contributed by atoms with Gasteiger partial charge in [-0.25, -0.2) is 4.79 Å². The molecular weight excluding hydrogens is 437 g/mol. The normalized spacial score (nSPS) is 11.7. The number of amides is 1. The van der Waals surface area contributed by atoms with Gasteiger partial charge in [-0.05, 0) is 29.8 Å². The highest BCUT2D eigenvalue weighted by molar-refractivity contribution is 5.95. The van der Waals surface area contributed by atoms with Crippen LogP contribution >= 0.6 is 0 Å². The summed E-state index contributed by atoms with van der Waals surface area (Å²) in [5.74, 6) is -0.625. The summed E-state index contributed by atoms with van der Waals surface area (Å²) >= 11 is 0. The van der Waals surface area contributed by atoms with Crippen LogP contribution in [0.4, 0.5) is 18.9 Å². The number of nitrogens with one attached hydrogen (secondary N) is 1. The number of aryl methyl sites for hydroxylation is 1. The highest BCUT2D eigenvalue weighted by Crippen LogP contribution is 2.30. The summed E-state index contributed by atoms with van der Waals surface area (Å²) in [6.45, 7) is -0.436. The molecule has 2 aromatic carbocycles. The molecule has 0 aliphatic rings. The van der Waals surface area contributed by atoms with Crippen LogP contribution in [0, 0.1) is 0 Å². The van der Waals surface area contributed by atoms with Crippen molar-refractivity contribution in [1.82, 2.24) is 13.7 Å². The molecule has 7 nitrogen and oxygen atoms in total. The van der Waals surface area contributed by atoms with Crippen molar-refractivity contribution in [1.29, 1.82) is 0 Å². The van der Waals surface area contributed by atoms with Crippen molar-refractivity contribution in [3.05, 3.63) is 87.2 Å². The quantitative estimate of drug-likeness (QED) is 0.512. The summed E-state index contributed by atoms with van der Waals surface area (Å²) in [5.41, 5.74) is 0.0415. The Bertz CT molecular complexity index is 1460. The van der Waals surface area contributed by atoms with Crippen LogP contribution in [-0.4, -0.2) is 19.6 Å². The van der Waals surface area contributed by atoms with Crippen LogP contribution in [0.5, 0.6) is 0 Å². The van der Waals surface area contributed by atoms with Gasteiger partial charge in [0.25, 0.3) is 5.56 Å². The van der Waals surface area contributed by atoms with Crippen LogP contribution in [-0.2, 0) is 31.6 Å². The van der Waals surface area contributed by atoms with E-state index in [1.54, 1.807) is 17.8 Å². The van der Waals surface area contributed by atoms with E-state index in [1.165, 1.54) is 11.6 Å². The molecule has 0 aliphatic carbocycles. The monoisotopic (exact) mass is 456 g/mol. The predicted molar refractivity (Wildman–Crippen MR) is 118 cm³/mol. The van der Waals surface area contributed by atoms with Gasteiger partial charge in [0, 0.05) is 31.5 Å². The molecule has 2 aromatic heterocycles. The lowest BCUT2D eigenvalue weighted by Crippen LogP contribution is -2.40. The summed E-state index contributed by atoms with van der Waals surface area (Å²) in [5, 5.41) is 2.50. The van der Waals surface area contributed by atoms with Crippen molar-refractivity contribution >= 4 is 22.6 Å². The van der Waals surface area contributed by atoms with E-state index in [1.807, 2.05) is 30.3 Å². The second-order valence-corrected chi connectivity index (χ2v) is 7.57. The maximum atomic E-state index is 13.0. The molecule has 33 heavy (non-hydrogen) atoms. The van der Waals surface area contributed by atoms with Crippen molar-refractivity contribution in [3.8, 4) is 11.1 Å². The lowest BCUT2D eigenvalue weighted by Gasteiger charge is -2.13. The van der Waals surface area contributed by atoms with Crippen molar-refractivity contribution in [2.45, 2.75) is 12.7 Å². The molecular formula is C23H19F3N4O3. The number of hydrogen-bond donors (Lipinski definition) is 1. The van der Waals surface area contributed by atoms with Crippen LogP contribution in [0.25, 0.3) is 22.2 Å². The fourth-order valence-corrected chi connectivity index (χ4v) is 3.72. The van der Waals surface area contributed by atoms with Gasteiger partial charge in [-0.2, -0.15) is 13.2 Å². The molecule has 170 valence electrons. The van der Waals surface area contributed by atoms with E-state index in [9.17, 15) is 27.6 Å². The zero-order valence-electron chi connectivity index (χ0n) is 17.7. The summed E-state index contributed by atoms with van der Waals surface area (Å²) in [4.78, 5) is 38.5. The van der Waals surface area contributed by atoms with E-state index in [0.717, 1.165) is 34.4 Å². The number of carbonyl (C=O) groups is 1. The van der Waals surface area contributed by atoms with E-state index >= 15 is 0 Å². The molecule has 0 unspecified atom stereocenters. The Hall–Kier alpha value is -4.08. The molecule has 4 rings (SSSR count). The van der Waals surface area contributed by atoms with Crippen LogP contribution < -0.4 is 16.6 Å². The fourth-order valence-electron chi connectivity index (χ4n) is 3.72. The van der Waals surface area contributed by atoms with Crippen LogP contribution in [0.2, 0.25) is 0 Å². The Balaban J connectivity index is 1.77. The van der Waals surface area contributed by atoms with Crippen molar-refractivity contribution in [2.24, 2.45) is 14.1 Å². The number of hydrogen-bond acceptors (Lipinski definition) is 3. The maximum absolute atomic E-state index is 13.0. The summed E-state index contributed by atoms with van der Waals surface area (Å²) in [6.07, 6.45) is -2.78. The highest BCUT2D eigenvalue weighted by Gasteiger charge is 2.30. The second-order valence-electron chi connectivity index (χ2n) is 7.57. The molecule has 1 amide bonds. The SMILES string of the molecule is Cn1c(=O)c2c(c(-c3ccccc3)cn2C)n(CC(=O)Nc2ccc(C(F)(F)F)cc2)c1=O. The van der Waals surface area contributed by atoms with Gasteiger partial charge in [0.1, 0.15) is 12.1 Å². The minimum atomic E-state index is -4.49. The third-order valence-corrected chi connectivity index (χ3v) is 5.33. The van der Waals surface area contributed by atoms with Gasteiger partial charge in [0.15, 0.2) is 0 Å². The van der Waals surface area contributed by atoms with Crippen molar-refractivity contribution < 1.29 is 18.0 Å². The Morgan fingerprint density at radius 2 is 1.58 bits per heavy atom. The zero-order chi connectivity index (χ0) is 23.9. The number of halogens is 3. The second kappa shape index (κ2) is 8.12. The molecule has 10 heteroatoms. The number of fused-ring (bicyclic) bond motifs is 1. The van der Waals surface area contributed by atoms with Crippen molar-refractivity contribution in [3.63, 3.8) is 0 Å². The van der Waals surface area contributed by atoms with Gasteiger partial charge >= 0.3 is 11.9 Å². The molecule has 0 bridgehead atoms. The molecule has 2 heterocycles. The third kappa shape index (κ3) is 4.07. The molecule has 0 aliphatic heterocycles. The Morgan fingerprint density at radius 1 is 0.939 bits per heavy atom. The van der Waals surface area contributed by atoms with Crippen LogP contribution in [0.1, 0.15) is 5.56 Å². The van der Waals surface area contributed by atoms with Gasteiger partial charge in [-0.15, -0.1) is 0 Å². The topological polar surface area (TPSA) is 78.0 Å². The van der Waals surface area contributed by atoms with E-state index in [4.69, 9.17) is 0 Å². The largest absolute Gasteiger partial charge is 0.416 e. The number of rotatable bonds is 4. The number of carbonyl (C=O) groups excluding carboxylic acids is 1. The molecule has 1 N–H and O–H groups in total. The molecule has 0 saturated heterocycles. The first-order valence-corrected chi connectivity index (χ1v) is 9.89. The molecule has 0 radical (unpaired) electrons. The first-order chi connectivity index (χ1) is 15.6. The smallest absolute Gasteiger partial charge is 0.344 e. The minimum absolute atomic E-state index is 0.151. The van der Waals surface area contributed by atoms with E-state index in [0.29, 0.717) is 11.1 Å². The van der Waals surface area contributed by atoms with E-state index < -0.39 is 35.4 Å². The maximum Gasteiger partial charge on any atom is 0.416 e. The Labute approximate surface area is 185 Å². The highest BCUT2D eigenvalue weighted by atomic mass is 19.4. The lowest BCUT2D eigenvalue weighted by molar-refractivity contribution is -0.137. The zero-order valence-corrected chi connectivity index (χ0v) is 17.7. The Morgan fingerprint density at radius 3 is 2.18 bits per heavy atom. The number of nitrogens with zero attached hydrogens (tertiary/aromatic N) is 3. The number of aromatic nitrogens is 3. The molecule has 0 saturated carbocycles. The summed E-state index contributed by atoms with van der Waals surface area (Å²) in [7, 11) is 3.00. The molecule has 0 spiro atoms. The standard InChI is InChI=1S/C23H19F3N4O3/c1-28-12-17(14-6-4-3-5-7-14)19-20(28)21(32)29(2)22(33)30(19)13-18(31)27-16-10-8-15(9-11-16)23(24,25)26/h3-12H,13H2,1-2H3,(H,27,31). The average Bonchev–Trinajstić information content (AvgIpc) is 3.12. The molecule has 0 fully saturated rings. The van der Waals surface area contributed by atoms with Gasteiger partial charge in [0.2, 0.25) is 5.91 Å². The first kappa shape index (κ1) is 22.1. The predicted octanol–water partition coefficient (Wildman–Crippen LogP) is 3.36. The van der Waals surface area contributed by atoms with Gasteiger partial charge in [0.05, 0.1) is 11.1 Å². The lowest BCUT2D eigenvalue weighted by atomic mass is 10.1. The minimum Gasteiger partial charge on any atom is -0.344 e. The van der Waals surface area contributed by atoms with Crippen LogP contribution in [0.15, 0.2) is 70.4 Å². The average molecular weight is 456 g/mol. The molecule has 4 aromatic rings. The summed E-state index contributed by atoms with van der Waals surface area (Å²) in [6, 6.07) is 13.1. The number of anilines is 1. The summed E-state index contributed by atoms with van der Waals surface area (Å²) < 4.78 is 42.0. The third-order valence-electron chi connectivity index (χ3n) is 5.33. The van der Waals surface area contributed by atoms with Gasteiger partial charge in [-0.1, -0.05) is 30.3 Å². The van der Waals surface area contributed by atoms with Gasteiger partial charge in [-0.3, -0.25) is 18.7 Å².